The van der Waals surface area contributed by atoms with Gasteiger partial charge >= 0.3 is 12.1 Å². The second kappa shape index (κ2) is 7.36. The first-order valence-corrected chi connectivity index (χ1v) is 7.56. The van der Waals surface area contributed by atoms with Crippen LogP contribution in [0.1, 0.15) is 32.1 Å². The number of nitrogens with one attached hydrogen (secondary N) is 1. The Hall–Kier alpha value is -1.46. The number of methoxy groups -OCH3 is 1. The van der Waals surface area contributed by atoms with Gasteiger partial charge in [-0.3, -0.25) is 0 Å². The van der Waals surface area contributed by atoms with Gasteiger partial charge in [-0.05, 0) is 18.8 Å². The molecule has 0 aromatic carbocycles. The zero-order valence-electron chi connectivity index (χ0n) is 12.3. The maximum absolute atomic E-state index is 12.1. The molecule has 2 aliphatic rings. The fourth-order valence-electron chi connectivity index (χ4n) is 2.96. The zero-order valence-corrected chi connectivity index (χ0v) is 12.3. The average Bonchev–Trinajstić information content (AvgIpc) is 2.53. The van der Waals surface area contributed by atoms with E-state index in [-0.39, 0.29) is 12.1 Å². The molecule has 6 heteroatoms. The van der Waals surface area contributed by atoms with Gasteiger partial charge in [0.25, 0.3) is 0 Å². The van der Waals surface area contributed by atoms with Gasteiger partial charge in [-0.2, -0.15) is 0 Å². The molecule has 1 aliphatic heterocycles. The van der Waals surface area contributed by atoms with Gasteiger partial charge in [-0.1, -0.05) is 19.3 Å². The molecule has 1 saturated heterocycles. The molecule has 2 rings (SSSR count). The van der Waals surface area contributed by atoms with Crippen LogP contribution in [-0.4, -0.2) is 61.8 Å². The summed E-state index contributed by atoms with van der Waals surface area (Å²) in [7, 11) is 1.38. The lowest BCUT2D eigenvalue weighted by Crippen LogP contribution is -2.53. The van der Waals surface area contributed by atoms with Crippen LogP contribution < -0.4 is 5.32 Å². The van der Waals surface area contributed by atoms with Crippen molar-refractivity contribution >= 4 is 12.1 Å². The number of piperazine rings is 1. The first kappa shape index (κ1) is 14.9. The van der Waals surface area contributed by atoms with E-state index in [9.17, 15) is 9.59 Å². The number of urea groups is 1. The van der Waals surface area contributed by atoms with E-state index < -0.39 is 0 Å². The van der Waals surface area contributed by atoms with E-state index in [2.05, 4.69) is 10.1 Å². The fraction of sp³-hybridized carbons (Fsp3) is 0.857. The predicted molar refractivity (Wildman–Crippen MR) is 75.5 cm³/mol. The van der Waals surface area contributed by atoms with E-state index in [4.69, 9.17) is 0 Å². The average molecular weight is 283 g/mol. The SMILES string of the molecule is COC(=O)N1CCN(C(=O)NCC2CCCCC2)CC1. The molecule has 0 spiro atoms. The Balaban J connectivity index is 1.67. The molecule has 1 saturated carbocycles. The van der Waals surface area contributed by atoms with Crippen molar-refractivity contribution < 1.29 is 14.3 Å². The number of carbonyl (C=O) groups excluding carboxylic acids is 2. The lowest BCUT2D eigenvalue weighted by Gasteiger charge is -2.34. The van der Waals surface area contributed by atoms with E-state index >= 15 is 0 Å². The molecule has 0 radical (unpaired) electrons. The third-order valence-electron chi connectivity index (χ3n) is 4.27. The largest absolute Gasteiger partial charge is 0.453 e. The minimum atomic E-state index is -0.313. The molecule has 6 nitrogen and oxygen atoms in total. The standard InChI is InChI=1S/C14H25N3O3/c1-20-14(19)17-9-7-16(8-10-17)13(18)15-11-12-5-3-2-4-6-12/h12H,2-11H2,1H3,(H,15,18). The van der Waals surface area contributed by atoms with Gasteiger partial charge < -0.3 is 19.9 Å². The van der Waals surface area contributed by atoms with Crippen molar-refractivity contribution in [3.05, 3.63) is 0 Å². The topological polar surface area (TPSA) is 61.9 Å². The smallest absolute Gasteiger partial charge is 0.409 e. The number of hydrogen-bond acceptors (Lipinski definition) is 3. The van der Waals surface area contributed by atoms with Crippen LogP contribution in [0.15, 0.2) is 0 Å². The molecule has 1 N–H and O–H groups in total. The maximum Gasteiger partial charge on any atom is 0.409 e. The highest BCUT2D eigenvalue weighted by molar-refractivity contribution is 5.75. The van der Waals surface area contributed by atoms with Crippen molar-refractivity contribution in [3.63, 3.8) is 0 Å². The highest BCUT2D eigenvalue weighted by Gasteiger charge is 2.24. The second-order valence-electron chi connectivity index (χ2n) is 5.63. The summed E-state index contributed by atoms with van der Waals surface area (Å²) < 4.78 is 4.68. The quantitative estimate of drug-likeness (QED) is 0.838. The third kappa shape index (κ3) is 4.02. The summed E-state index contributed by atoms with van der Waals surface area (Å²) in [6, 6.07) is 0.0000827. The lowest BCUT2D eigenvalue weighted by atomic mass is 9.89. The van der Waals surface area contributed by atoms with E-state index in [0.717, 1.165) is 6.54 Å². The van der Waals surface area contributed by atoms with Gasteiger partial charge in [0.2, 0.25) is 0 Å². The maximum atomic E-state index is 12.1. The predicted octanol–water partition coefficient (Wildman–Crippen LogP) is 1.66. The summed E-state index contributed by atoms with van der Waals surface area (Å²) in [5, 5.41) is 3.03. The lowest BCUT2D eigenvalue weighted by molar-refractivity contribution is 0.0968. The summed E-state index contributed by atoms with van der Waals surface area (Å²) >= 11 is 0. The van der Waals surface area contributed by atoms with Gasteiger partial charge in [-0.15, -0.1) is 0 Å². The molecule has 2 fully saturated rings. The van der Waals surface area contributed by atoms with Gasteiger partial charge in [-0.25, -0.2) is 9.59 Å². The van der Waals surface area contributed by atoms with Gasteiger partial charge in [0.05, 0.1) is 7.11 Å². The van der Waals surface area contributed by atoms with E-state index in [1.807, 2.05) is 0 Å². The summed E-state index contributed by atoms with van der Waals surface area (Å²) in [6.07, 6.45) is 6.07. The Morgan fingerprint density at radius 1 is 1.05 bits per heavy atom. The molecule has 3 amide bonds. The molecule has 0 unspecified atom stereocenters. The Labute approximate surface area is 120 Å². The van der Waals surface area contributed by atoms with Crippen LogP contribution in [0.25, 0.3) is 0 Å². The number of ether oxygens (including phenoxy) is 1. The first-order chi connectivity index (χ1) is 9.70. The summed E-state index contributed by atoms with van der Waals surface area (Å²) in [5.74, 6) is 0.643. The van der Waals surface area contributed by atoms with Gasteiger partial charge in [0, 0.05) is 32.7 Å². The fourth-order valence-corrected chi connectivity index (χ4v) is 2.96. The molecule has 114 valence electrons. The molecule has 0 aromatic heterocycles. The van der Waals surface area contributed by atoms with Gasteiger partial charge in [0.15, 0.2) is 0 Å². The van der Waals surface area contributed by atoms with Crippen molar-refractivity contribution in [2.24, 2.45) is 5.92 Å². The minimum Gasteiger partial charge on any atom is -0.453 e. The second-order valence-corrected chi connectivity index (χ2v) is 5.63. The van der Waals surface area contributed by atoms with Crippen LogP contribution in [0.2, 0.25) is 0 Å². The van der Waals surface area contributed by atoms with Crippen LogP contribution in [0, 0.1) is 5.92 Å². The number of rotatable bonds is 2. The minimum absolute atomic E-state index is 0.0000827. The molecule has 0 atom stereocenters. The van der Waals surface area contributed by atoms with Crippen molar-refractivity contribution in [1.82, 2.24) is 15.1 Å². The molecule has 1 aliphatic carbocycles. The zero-order chi connectivity index (χ0) is 14.4. The van der Waals surface area contributed by atoms with Crippen molar-refractivity contribution in [2.45, 2.75) is 32.1 Å². The molecular formula is C14H25N3O3. The Bertz CT molecular complexity index is 335. The monoisotopic (exact) mass is 283 g/mol. The number of amides is 3. The normalized spacial score (nSPS) is 20.6. The van der Waals surface area contributed by atoms with Crippen LogP contribution in [-0.2, 0) is 4.74 Å². The summed E-state index contributed by atoms with van der Waals surface area (Å²) in [5.41, 5.74) is 0. The third-order valence-corrected chi connectivity index (χ3v) is 4.27. The first-order valence-electron chi connectivity index (χ1n) is 7.56. The van der Waals surface area contributed by atoms with Gasteiger partial charge in [0.1, 0.15) is 0 Å². The summed E-state index contributed by atoms with van der Waals surface area (Å²) in [4.78, 5) is 26.8. The van der Waals surface area contributed by atoms with E-state index in [1.165, 1.54) is 39.2 Å². The Morgan fingerprint density at radius 2 is 1.65 bits per heavy atom. The Morgan fingerprint density at radius 3 is 2.25 bits per heavy atom. The highest BCUT2D eigenvalue weighted by atomic mass is 16.5. The van der Waals surface area contributed by atoms with Crippen molar-refractivity contribution in [2.75, 3.05) is 39.8 Å². The molecule has 0 bridgehead atoms. The molecule has 20 heavy (non-hydrogen) atoms. The van der Waals surface area contributed by atoms with Crippen LogP contribution in [0.3, 0.4) is 0 Å². The van der Waals surface area contributed by atoms with Crippen molar-refractivity contribution in [3.8, 4) is 0 Å². The van der Waals surface area contributed by atoms with Crippen LogP contribution in [0.4, 0.5) is 9.59 Å². The van der Waals surface area contributed by atoms with Crippen LogP contribution >= 0.6 is 0 Å². The molecule has 1 heterocycles. The molecule has 0 aromatic rings. The van der Waals surface area contributed by atoms with Crippen LogP contribution in [0.5, 0.6) is 0 Å². The number of carbonyl (C=O) groups is 2. The highest BCUT2D eigenvalue weighted by Crippen LogP contribution is 2.22. The summed E-state index contributed by atoms with van der Waals surface area (Å²) in [6.45, 7) is 3.03. The Kier molecular flexibility index (Phi) is 5.49. The number of hydrogen-bond donors (Lipinski definition) is 1. The molecular weight excluding hydrogens is 258 g/mol. The van der Waals surface area contributed by atoms with E-state index in [1.54, 1.807) is 9.80 Å². The van der Waals surface area contributed by atoms with E-state index in [0.29, 0.717) is 32.1 Å². The number of nitrogens with zero attached hydrogens (tertiary/aromatic N) is 2. The van der Waals surface area contributed by atoms with Crippen molar-refractivity contribution in [1.29, 1.82) is 0 Å².